The highest BCUT2D eigenvalue weighted by molar-refractivity contribution is 5.50. The van der Waals surface area contributed by atoms with Crippen molar-refractivity contribution in [3.8, 4) is 0 Å². The predicted octanol–water partition coefficient (Wildman–Crippen LogP) is 2.28. The second-order valence-electron chi connectivity index (χ2n) is 4.75. The van der Waals surface area contributed by atoms with Crippen LogP contribution in [0.5, 0.6) is 0 Å². The van der Waals surface area contributed by atoms with Gasteiger partial charge in [0, 0.05) is 25.7 Å². The average Bonchev–Trinajstić information content (AvgIpc) is 2.34. The zero-order valence-corrected chi connectivity index (χ0v) is 11.7. The van der Waals surface area contributed by atoms with Crippen molar-refractivity contribution in [1.82, 2.24) is 5.32 Å². The Kier molecular flexibility index (Phi) is 6.18. The third kappa shape index (κ3) is 4.44. The normalized spacial score (nSPS) is 11.1. The molecule has 0 unspecified atom stereocenters. The number of hydrogen-bond acceptors (Lipinski definition) is 3. The van der Waals surface area contributed by atoms with E-state index in [1.165, 1.54) is 17.0 Å². The molecule has 0 saturated carbocycles. The molecular weight excluding hydrogens is 250 g/mol. The molecular formula is C14H22F2N2O. The number of anilines is 1. The molecule has 5 heteroatoms. The summed E-state index contributed by atoms with van der Waals surface area (Å²) < 4.78 is 28.0. The van der Waals surface area contributed by atoms with Crippen LogP contribution in [0.1, 0.15) is 26.3 Å². The van der Waals surface area contributed by atoms with Crippen molar-refractivity contribution in [2.75, 3.05) is 24.6 Å². The molecule has 0 spiro atoms. The van der Waals surface area contributed by atoms with Crippen LogP contribution in [0, 0.1) is 11.6 Å². The molecule has 1 aromatic carbocycles. The molecule has 0 aliphatic rings. The first-order valence-electron chi connectivity index (χ1n) is 6.56. The number of likely N-dealkylation sites (N-methyl/N-ethyl adjacent to an activating group) is 1. The highest BCUT2D eigenvalue weighted by Gasteiger charge is 2.16. The zero-order valence-electron chi connectivity index (χ0n) is 11.7. The van der Waals surface area contributed by atoms with Crippen LogP contribution in [-0.2, 0) is 6.54 Å². The van der Waals surface area contributed by atoms with Crippen molar-refractivity contribution < 1.29 is 13.9 Å². The van der Waals surface area contributed by atoms with Gasteiger partial charge in [0.15, 0.2) is 0 Å². The Morgan fingerprint density at radius 3 is 2.26 bits per heavy atom. The van der Waals surface area contributed by atoms with Crippen molar-refractivity contribution in [2.45, 2.75) is 33.4 Å². The van der Waals surface area contributed by atoms with E-state index in [-0.39, 0.29) is 24.9 Å². The molecule has 2 N–H and O–H groups in total. The van der Waals surface area contributed by atoms with Crippen LogP contribution in [0.25, 0.3) is 0 Å². The summed E-state index contributed by atoms with van der Waals surface area (Å²) in [6.45, 7) is 6.69. The summed E-state index contributed by atoms with van der Waals surface area (Å²) in [5.41, 5.74) is 0.511. The quantitative estimate of drug-likeness (QED) is 0.799. The van der Waals surface area contributed by atoms with Crippen LogP contribution >= 0.6 is 0 Å². The Morgan fingerprint density at radius 2 is 1.84 bits per heavy atom. The fraction of sp³-hybridized carbons (Fsp3) is 0.571. The van der Waals surface area contributed by atoms with E-state index in [1.54, 1.807) is 6.92 Å². The molecule has 108 valence electrons. The van der Waals surface area contributed by atoms with E-state index in [0.29, 0.717) is 18.7 Å². The Labute approximate surface area is 113 Å². The third-order valence-electron chi connectivity index (χ3n) is 2.86. The summed E-state index contributed by atoms with van der Waals surface area (Å²) in [7, 11) is 0. The Hall–Kier alpha value is -1.20. The van der Waals surface area contributed by atoms with Crippen LogP contribution in [0.3, 0.4) is 0 Å². The first kappa shape index (κ1) is 15.9. The van der Waals surface area contributed by atoms with Gasteiger partial charge in [-0.15, -0.1) is 0 Å². The van der Waals surface area contributed by atoms with Crippen molar-refractivity contribution in [3.05, 3.63) is 29.3 Å². The largest absolute Gasteiger partial charge is 0.395 e. The average molecular weight is 272 g/mol. The number of hydrogen-bond donors (Lipinski definition) is 2. The lowest BCUT2D eigenvalue weighted by Crippen LogP contribution is -2.28. The van der Waals surface area contributed by atoms with Gasteiger partial charge in [0.05, 0.1) is 6.61 Å². The standard InChI is InChI=1S/C14H22F2N2O/c1-4-18(5-6-19)14-12(15)7-11(8-13(14)16)9-17-10(2)3/h7-8,10,17,19H,4-6,9H2,1-3H3. The lowest BCUT2D eigenvalue weighted by atomic mass is 10.1. The minimum Gasteiger partial charge on any atom is -0.395 e. The van der Waals surface area contributed by atoms with Crippen LogP contribution in [0.4, 0.5) is 14.5 Å². The van der Waals surface area contributed by atoms with Gasteiger partial charge in [-0.3, -0.25) is 0 Å². The lowest BCUT2D eigenvalue weighted by Gasteiger charge is -2.23. The van der Waals surface area contributed by atoms with E-state index < -0.39 is 11.6 Å². The topological polar surface area (TPSA) is 35.5 Å². The van der Waals surface area contributed by atoms with Crippen molar-refractivity contribution in [1.29, 1.82) is 0 Å². The van der Waals surface area contributed by atoms with Gasteiger partial charge in [0.2, 0.25) is 0 Å². The van der Waals surface area contributed by atoms with Crippen LogP contribution in [0.2, 0.25) is 0 Å². The van der Waals surface area contributed by atoms with Crippen LogP contribution in [0.15, 0.2) is 12.1 Å². The molecule has 0 fully saturated rings. The summed E-state index contributed by atoms with van der Waals surface area (Å²) in [6, 6.07) is 2.94. The molecule has 0 bridgehead atoms. The van der Waals surface area contributed by atoms with E-state index in [1.807, 2.05) is 13.8 Å². The maximum atomic E-state index is 14.0. The molecule has 3 nitrogen and oxygen atoms in total. The molecule has 0 heterocycles. The van der Waals surface area contributed by atoms with Crippen molar-refractivity contribution in [3.63, 3.8) is 0 Å². The second-order valence-corrected chi connectivity index (χ2v) is 4.75. The van der Waals surface area contributed by atoms with Crippen LogP contribution < -0.4 is 10.2 Å². The fourth-order valence-electron chi connectivity index (χ4n) is 1.89. The first-order chi connectivity index (χ1) is 8.99. The molecule has 19 heavy (non-hydrogen) atoms. The van der Waals surface area contributed by atoms with Crippen LogP contribution in [-0.4, -0.2) is 30.8 Å². The van der Waals surface area contributed by atoms with Gasteiger partial charge in [-0.1, -0.05) is 13.8 Å². The predicted molar refractivity (Wildman–Crippen MR) is 73.3 cm³/mol. The lowest BCUT2D eigenvalue weighted by molar-refractivity contribution is 0.301. The number of rotatable bonds is 7. The molecule has 1 aromatic rings. The number of nitrogens with one attached hydrogen (secondary N) is 1. The summed E-state index contributed by atoms with van der Waals surface area (Å²) in [5, 5.41) is 12.0. The number of aliphatic hydroxyl groups excluding tert-OH is 1. The first-order valence-corrected chi connectivity index (χ1v) is 6.56. The Bertz CT molecular complexity index is 387. The molecule has 0 radical (unpaired) electrons. The zero-order chi connectivity index (χ0) is 14.4. The number of aliphatic hydroxyl groups is 1. The second kappa shape index (κ2) is 7.40. The minimum absolute atomic E-state index is 0.0650. The smallest absolute Gasteiger partial charge is 0.149 e. The molecule has 0 aliphatic heterocycles. The number of nitrogens with zero attached hydrogens (tertiary/aromatic N) is 1. The monoisotopic (exact) mass is 272 g/mol. The van der Waals surface area contributed by atoms with Gasteiger partial charge >= 0.3 is 0 Å². The van der Waals surface area contributed by atoms with E-state index in [2.05, 4.69) is 5.32 Å². The van der Waals surface area contributed by atoms with Gasteiger partial charge in [-0.05, 0) is 24.6 Å². The molecule has 1 rings (SSSR count). The Balaban J connectivity index is 2.96. The summed E-state index contributed by atoms with van der Waals surface area (Å²) in [5.74, 6) is -1.17. The number of benzene rings is 1. The van der Waals surface area contributed by atoms with Gasteiger partial charge in [-0.25, -0.2) is 8.78 Å². The molecule has 0 atom stereocenters. The molecule has 0 aromatic heterocycles. The summed E-state index contributed by atoms with van der Waals surface area (Å²) in [6.07, 6.45) is 0. The van der Waals surface area contributed by atoms with Crippen molar-refractivity contribution >= 4 is 5.69 Å². The van der Waals surface area contributed by atoms with Gasteiger partial charge < -0.3 is 15.3 Å². The maximum Gasteiger partial charge on any atom is 0.149 e. The van der Waals surface area contributed by atoms with Gasteiger partial charge in [-0.2, -0.15) is 0 Å². The van der Waals surface area contributed by atoms with E-state index >= 15 is 0 Å². The highest BCUT2D eigenvalue weighted by atomic mass is 19.1. The third-order valence-corrected chi connectivity index (χ3v) is 2.86. The van der Waals surface area contributed by atoms with Gasteiger partial charge in [0.25, 0.3) is 0 Å². The molecule has 0 amide bonds. The molecule has 0 aliphatic carbocycles. The van der Waals surface area contributed by atoms with E-state index in [4.69, 9.17) is 5.11 Å². The SMILES string of the molecule is CCN(CCO)c1c(F)cc(CNC(C)C)cc1F. The minimum atomic E-state index is -0.587. The maximum absolute atomic E-state index is 14.0. The van der Waals surface area contributed by atoms with Crippen molar-refractivity contribution in [2.24, 2.45) is 0 Å². The number of halogens is 2. The molecule has 0 saturated heterocycles. The van der Waals surface area contributed by atoms with E-state index in [9.17, 15) is 8.78 Å². The summed E-state index contributed by atoms with van der Waals surface area (Å²) in [4.78, 5) is 1.49. The highest BCUT2D eigenvalue weighted by Crippen LogP contribution is 2.24. The van der Waals surface area contributed by atoms with Gasteiger partial charge in [0.1, 0.15) is 17.3 Å². The van der Waals surface area contributed by atoms with E-state index in [0.717, 1.165) is 0 Å². The Morgan fingerprint density at radius 1 is 1.26 bits per heavy atom. The summed E-state index contributed by atoms with van der Waals surface area (Å²) >= 11 is 0. The fourth-order valence-corrected chi connectivity index (χ4v) is 1.89.